The summed E-state index contributed by atoms with van der Waals surface area (Å²) in [6.07, 6.45) is 0.602. The fourth-order valence-electron chi connectivity index (χ4n) is 3.45. The highest BCUT2D eigenvalue weighted by molar-refractivity contribution is 6.36. The van der Waals surface area contributed by atoms with Gasteiger partial charge in [-0.15, -0.1) is 0 Å². The van der Waals surface area contributed by atoms with Crippen LogP contribution in [0.1, 0.15) is 34.2 Å². The van der Waals surface area contributed by atoms with Crippen LogP contribution in [0.3, 0.4) is 0 Å². The molecule has 0 saturated heterocycles. The predicted octanol–water partition coefficient (Wildman–Crippen LogP) is 4.15. The molecule has 5 heteroatoms. The Hall–Kier alpha value is -2.92. The standard InChI is InChI=1S/C24H28N2O3/c1-15-10-11-19(14-17(15)3)21-22(25-20-9-6-8-16(2)18(20)4)24(28)26(23(21)27)12-7-13-29-5/h6,8-11,14,25H,7,12-13H2,1-5H3. The normalized spacial score (nSPS) is 14.2. The summed E-state index contributed by atoms with van der Waals surface area (Å²) in [7, 11) is 1.61. The lowest BCUT2D eigenvalue weighted by Gasteiger charge is -2.15. The largest absolute Gasteiger partial charge is 0.385 e. The molecule has 1 aliphatic rings. The number of anilines is 1. The van der Waals surface area contributed by atoms with E-state index in [-0.39, 0.29) is 11.8 Å². The number of benzene rings is 2. The van der Waals surface area contributed by atoms with Gasteiger partial charge in [0.1, 0.15) is 5.70 Å². The van der Waals surface area contributed by atoms with Gasteiger partial charge in [0.15, 0.2) is 0 Å². The molecule has 0 aliphatic carbocycles. The second-order valence-corrected chi connectivity index (χ2v) is 7.53. The van der Waals surface area contributed by atoms with Crippen LogP contribution in [0.5, 0.6) is 0 Å². The fraction of sp³-hybridized carbons (Fsp3) is 0.333. The summed E-state index contributed by atoms with van der Waals surface area (Å²) in [5.74, 6) is -0.553. The summed E-state index contributed by atoms with van der Waals surface area (Å²) in [5.41, 5.74) is 6.76. The molecule has 0 radical (unpaired) electrons. The van der Waals surface area contributed by atoms with Gasteiger partial charge in [-0.3, -0.25) is 14.5 Å². The second-order valence-electron chi connectivity index (χ2n) is 7.53. The van der Waals surface area contributed by atoms with Gasteiger partial charge in [0.2, 0.25) is 0 Å². The molecular formula is C24H28N2O3. The van der Waals surface area contributed by atoms with Crippen LogP contribution in [0.2, 0.25) is 0 Å². The van der Waals surface area contributed by atoms with E-state index in [4.69, 9.17) is 4.74 Å². The SMILES string of the molecule is COCCCN1C(=O)C(Nc2cccc(C)c2C)=C(c2ccc(C)c(C)c2)C1=O. The van der Waals surface area contributed by atoms with Crippen LogP contribution < -0.4 is 5.32 Å². The van der Waals surface area contributed by atoms with Crippen LogP contribution in [0.25, 0.3) is 5.57 Å². The van der Waals surface area contributed by atoms with Gasteiger partial charge in [-0.2, -0.15) is 0 Å². The third-order valence-corrected chi connectivity index (χ3v) is 5.56. The molecule has 0 spiro atoms. The van der Waals surface area contributed by atoms with Crippen molar-refractivity contribution in [1.29, 1.82) is 0 Å². The van der Waals surface area contributed by atoms with Crippen LogP contribution >= 0.6 is 0 Å². The van der Waals surface area contributed by atoms with E-state index in [1.54, 1.807) is 7.11 Å². The number of rotatable bonds is 7. The molecule has 0 fully saturated rings. The molecule has 1 aliphatic heterocycles. The van der Waals surface area contributed by atoms with E-state index in [1.165, 1.54) is 4.90 Å². The van der Waals surface area contributed by atoms with Crippen LogP contribution in [-0.2, 0) is 14.3 Å². The molecule has 1 N–H and O–H groups in total. The van der Waals surface area contributed by atoms with Crippen molar-refractivity contribution in [3.05, 3.63) is 69.9 Å². The Morgan fingerprint density at radius 1 is 0.931 bits per heavy atom. The van der Waals surface area contributed by atoms with Crippen LogP contribution in [0, 0.1) is 27.7 Å². The monoisotopic (exact) mass is 392 g/mol. The lowest BCUT2D eigenvalue weighted by Crippen LogP contribution is -2.34. The van der Waals surface area contributed by atoms with Gasteiger partial charge in [-0.05, 0) is 68.0 Å². The molecule has 0 bridgehead atoms. The zero-order chi connectivity index (χ0) is 21.1. The molecular weight excluding hydrogens is 364 g/mol. The Morgan fingerprint density at radius 3 is 2.38 bits per heavy atom. The lowest BCUT2D eigenvalue weighted by molar-refractivity contribution is -0.136. The third-order valence-electron chi connectivity index (χ3n) is 5.56. The topological polar surface area (TPSA) is 58.6 Å². The molecule has 0 atom stereocenters. The molecule has 29 heavy (non-hydrogen) atoms. The smallest absolute Gasteiger partial charge is 0.278 e. The highest BCUT2D eigenvalue weighted by Gasteiger charge is 2.39. The van der Waals surface area contributed by atoms with Gasteiger partial charge in [0.05, 0.1) is 5.57 Å². The maximum atomic E-state index is 13.2. The number of aryl methyl sites for hydroxylation is 3. The van der Waals surface area contributed by atoms with Gasteiger partial charge in [-0.25, -0.2) is 0 Å². The highest BCUT2D eigenvalue weighted by Crippen LogP contribution is 2.32. The molecule has 0 saturated carbocycles. The highest BCUT2D eigenvalue weighted by atomic mass is 16.5. The number of nitrogens with one attached hydrogen (secondary N) is 1. The number of amides is 2. The third kappa shape index (κ3) is 4.10. The van der Waals surface area contributed by atoms with Gasteiger partial charge in [0, 0.05) is 25.9 Å². The van der Waals surface area contributed by atoms with Crippen molar-refractivity contribution in [3.63, 3.8) is 0 Å². The average molecular weight is 392 g/mol. The minimum atomic E-state index is -0.291. The second kappa shape index (κ2) is 8.62. The van der Waals surface area contributed by atoms with Crippen molar-refractivity contribution in [2.45, 2.75) is 34.1 Å². The Labute approximate surface area is 172 Å². The fourth-order valence-corrected chi connectivity index (χ4v) is 3.45. The average Bonchev–Trinajstić information content (AvgIpc) is 2.92. The molecule has 152 valence electrons. The summed E-state index contributed by atoms with van der Waals surface area (Å²) in [6, 6.07) is 11.8. The summed E-state index contributed by atoms with van der Waals surface area (Å²) in [5, 5.41) is 3.27. The number of hydrogen-bond acceptors (Lipinski definition) is 4. The van der Waals surface area contributed by atoms with Crippen molar-refractivity contribution < 1.29 is 14.3 Å². The summed E-state index contributed by atoms with van der Waals surface area (Å²) < 4.78 is 5.09. The molecule has 1 heterocycles. The maximum Gasteiger partial charge on any atom is 0.278 e. The van der Waals surface area contributed by atoms with Gasteiger partial charge in [0.25, 0.3) is 11.8 Å². The molecule has 2 amide bonds. The van der Waals surface area contributed by atoms with Crippen molar-refractivity contribution in [2.24, 2.45) is 0 Å². The molecule has 5 nitrogen and oxygen atoms in total. The number of hydrogen-bond donors (Lipinski definition) is 1. The number of nitrogens with zero attached hydrogens (tertiary/aromatic N) is 1. The summed E-state index contributed by atoms with van der Waals surface area (Å²) in [6.45, 7) is 8.90. The van der Waals surface area contributed by atoms with E-state index >= 15 is 0 Å². The van der Waals surface area contributed by atoms with Gasteiger partial charge < -0.3 is 10.1 Å². The Bertz CT molecular complexity index is 992. The first kappa shape index (κ1) is 20.8. The van der Waals surface area contributed by atoms with Gasteiger partial charge in [-0.1, -0.05) is 30.3 Å². The Kier molecular flexibility index (Phi) is 6.18. The molecule has 2 aromatic rings. The van der Waals surface area contributed by atoms with E-state index in [9.17, 15) is 9.59 Å². The van der Waals surface area contributed by atoms with E-state index in [1.807, 2.05) is 64.1 Å². The van der Waals surface area contributed by atoms with Crippen molar-refractivity contribution in [2.75, 3.05) is 25.6 Å². The van der Waals surface area contributed by atoms with Crippen molar-refractivity contribution in [3.8, 4) is 0 Å². The first-order valence-corrected chi connectivity index (χ1v) is 9.85. The maximum absolute atomic E-state index is 13.2. The lowest BCUT2D eigenvalue weighted by atomic mass is 9.99. The number of imide groups is 1. The molecule has 0 aromatic heterocycles. The van der Waals surface area contributed by atoms with Crippen LogP contribution in [0.15, 0.2) is 42.1 Å². The minimum absolute atomic E-state index is 0.262. The number of carbonyl (C=O) groups is 2. The van der Waals surface area contributed by atoms with Gasteiger partial charge >= 0.3 is 0 Å². The van der Waals surface area contributed by atoms with E-state index in [0.29, 0.717) is 30.8 Å². The minimum Gasteiger partial charge on any atom is -0.385 e. The first-order chi connectivity index (χ1) is 13.8. The summed E-state index contributed by atoms with van der Waals surface area (Å²) >= 11 is 0. The van der Waals surface area contributed by atoms with Crippen molar-refractivity contribution in [1.82, 2.24) is 4.90 Å². The number of carbonyl (C=O) groups excluding carboxylic acids is 2. The quantitative estimate of drug-likeness (QED) is 0.568. The first-order valence-electron chi connectivity index (χ1n) is 9.85. The van der Waals surface area contributed by atoms with E-state index in [0.717, 1.165) is 33.5 Å². The molecule has 3 rings (SSSR count). The summed E-state index contributed by atoms with van der Waals surface area (Å²) in [4.78, 5) is 27.7. The Morgan fingerprint density at radius 2 is 1.69 bits per heavy atom. The van der Waals surface area contributed by atoms with Crippen LogP contribution in [0.4, 0.5) is 5.69 Å². The van der Waals surface area contributed by atoms with E-state index < -0.39 is 0 Å². The predicted molar refractivity (Wildman–Crippen MR) is 116 cm³/mol. The number of ether oxygens (including phenoxy) is 1. The zero-order valence-corrected chi connectivity index (χ0v) is 17.8. The number of methoxy groups -OCH3 is 1. The molecule has 0 unspecified atom stereocenters. The van der Waals surface area contributed by atoms with Crippen molar-refractivity contribution >= 4 is 23.1 Å². The van der Waals surface area contributed by atoms with Crippen LogP contribution in [-0.4, -0.2) is 37.0 Å². The zero-order valence-electron chi connectivity index (χ0n) is 17.8. The Balaban J connectivity index is 2.06. The molecule has 2 aromatic carbocycles. The van der Waals surface area contributed by atoms with E-state index in [2.05, 4.69) is 5.32 Å².